The molecule has 0 radical (unpaired) electrons. The fourth-order valence-corrected chi connectivity index (χ4v) is 3.81. The molecule has 0 bridgehead atoms. The number of hydrogen-bond donors (Lipinski definition) is 0. The van der Waals surface area contributed by atoms with E-state index in [-0.39, 0.29) is 25.3 Å². The first kappa shape index (κ1) is 15.5. The van der Waals surface area contributed by atoms with E-state index in [9.17, 15) is 18.0 Å². The highest BCUT2D eigenvalue weighted by molar-refractivity contribution is 7.88. The van der Waals surface area contributed by atoms with Crippen LogP contribution in [0.25, 0.3) is 0 Å². The van der Waals surface area contributed by atoms with Crippen molar-refractivity contribution in [2.75, 3.05) is 13.2 Å². The van der Waals surface area contributed by atoms with E-state index in [0.717, 1.165) is 4.31 Å². The molecule has 1 aliphatic rings. The Labute approximate surface area is 123 Å². The first-order chi connectivity index (χ1) is 9.95. The molecule has 0 unspecified atom stereocenters. The molecule has 1 heterocycles. The van der Waals surface area contributed by atoms with Crippen molar-refractivity contribution >= 4 is 21.9 Å². The van der Waals surface area contributed by atoms with Crippen molar-refractivity contribution in [2.24, 2.45) is 5.92 Å². The lowest BCUT2D eigenvalue weighted by atomic mass is 10.1. The molecule has 0 N–H and O–H groups in total. The summed E-state index contributed by atoms with van der Waals surface area (Å²) in [7, 11) is -3.77. The fourth-order valence-electron chi connectivity index (χ4n) is 2.25. The molecule has 1 aliphatic heterocycles. The minimum atomic E-state index is -3.77. The molecule has 7 heteroatoms. The van der Waals surface area contributed by atoms with Crippen LogP contribution in [0.15, 0.2) is 30.3 Å². The van der Waals surface area contributed by atoms with Crippen LogP contribution in [0.3, 0.4) is 0 Å². The van der Waals surface area contributed by atoms with Gasteiger partial charge in [-0.15, -0.1) is 0 Å². The molecule has 21 heavy (non-hydrogen) atoms. The molecule has 1 atom stereocenters. The van der Waals surface area contributed by atoms with Gasteiger partial charge in [-0.1, -0.05) is 30.3 Å². The highest BCUT2D eigenvalue weighted by atomic mass is 32.2. The van der Waals surface area contributed by atoms with E-state index < -0.39 is 27.8 Å². The monoisotopic (exact) mass is 311 g/mol. The van der Waals surface area contributed by atoms with Crippen LogP contribution in [0.2, 0.25) is 0 Å². The van der Waals surface area contributed by atoms with Crippen LogP contribution in [0.5, 0.6) is 0 Å². The van der Waals surface area contributed by atoms with Crippen molar-refractivity contribution in [1.82, 2.24) is 4.31 Å². The first-order valence-electron chi connectivity index (χ1n) is 6.70. The van der Waals surface area contributed by atoms with Crippen LogP contribution in [-0.2, 0) is 30.1 Å². The van der Waals surface area contributed by atoms with Crippen molar-refractivity contribution in [3.05, 3.63) is 35.9 Å². The van der Waals surface area contributed by atoms with E-state index in [2.05, 4.69) is 0 Å². The summed E-state index contributed by atoms with van der Waals surface area (Å²) in [6, 6.07) is 8.62. The lowest BCUT2D eigenvalue weighted by Gasteiger charge is -2.16. The molecule has 0 aromatic heterocycles. The minimum absolute atomic E-state index is 0.0253. The Morgan fingerprint density at radius 3 is 2.62 bits per heavy atom. The zero-order valence-electron chi connectivity index (χ0n) is 11.7. The smallest absolute Gasteiger partial charge is 0.318 e. The summed E-state index contributed by atoms with van der Waals surface area (Å²) in [4.78, 5) is 23.7. The van der Waals surface area contributed by atoms with Gasteiger partial charge in [0.2, 0.25) is 15.9 Å². The van der Waals surface area contributed by atoms with Gasteiger partial charge in [-0.2, -0.15) is 0 Å². The number of esters is 1. The topological polar surface area (TPSA) is 80.8 Å². The average Bonchev–Trinajstić information content (AvgIpc) is 2.82. The Morgan fingerprint density at radius 2 is 2.00 bits per heavy atom. The largest absolute Gasteiger partial charge is 0.465 e. The maximum absolute atomic E-state index is 12.3. The first-order valence-corrected chi connectivity index (χ1v) is 8.31. The van der Waals surface area contributed by atoms with Crippen molar-refractivity contribution in [3.63, 3.8) is 0 Å². The van der Waals surface area contributed by atoms with E-state index in [0.29, 0.717) is 5.56 Å². The Kier molecular flexibility index (Phi) is 4.62. The number of amides is 1. The third-order valence-electron chi connectivity index (χ3n) is 3.26. The van der Waals surface area contributed by atoms with Crippen LogP contribution in [0.4, 0.5) is 0 Å². The molecule has 114 valence electrons. The number of carbonyl (C=O) groups is 2. The van der Waals surface area contributed by atoms with Gasteiger partial charge in [0.15, 0.2) is 0 Å². The summed E-state index contributed by atoms with van der Waals surface area (Å²) in [5, 5.41) is 0. The lowest BCUT2D eigenvalue weighted by molar-refractivity contribution is -0.151. The highest BCUT2D eigenvalue weighted by Gasteiger charge is 2.43. The zero-order chi connectivity index (χ0) is 15.5. The molecule has 0 saturated carbocycles. The van der Waals surface area contributed by atoms with Crippen molar-refractivity contribution < 1.29 is 22.7 Å². The van der Waals surface area contributed by atoms with Crippen LogP contribution in [-0.4, -0.2) is 37.8 Å². The van der Waals surface area contributed by atoms with Crippen molar-refractivity contribution in [3.8, 4) is 0 Å². The molecular formula is C14H17NO5S. The average molecular weight is 311 g/mol. The molecule has 1 aromatic carbocycles. The fraction of sp³-hybridized carbons (Fsp3) is 0.429. The van der Waals surface area contributed by atoms with Crippen molar-refractivity contribution in [1.29, 1.82) is 0 Å². The van der Waals surface area contributed by atoms with Gasteiger partial charge in [-0.3, -0.25) is 9.59 Å². The maximum Gasteiger partial charge on any atom is 0.318 e. The molecule has 1 saturated heterocycles. The predicted molar refractivity (Wildman–Crippen MR) is 75.5 cm³/mol. The number of benzene rings is 1. The summed E-state index contributed by atoms with van der Waals surface area (Å²) in [6.07, 6.45) is 0.172. The standard InChI is InChI=1S/C14H17NO5S/c1-2-20-14(17)12-8-9-15(13(12)16)21(18,19)10-11-6-4-3-5-7-11/h3-7,12H,2,8-10H2,1H3/t12-/m1/s1. The van der Waals surface area contributed by atoms with E-state index >= 15 is 0 Å². The SMILES string of the molecule is CCOC(=O)[C@@H]1CCN(S(=O)(=O)Cc2ccccc2)C1=O. The number of ether oxygens (including phenoxy) is 1. The summed E-state index contributed by atoms with van der Waals surface area (Å²) in [5.74, 6) is -2.60. The van der Waals surface area contributed by atoms with Gasteiger partial charge >= 0.3 is 5.97 Å². The van der Waals surface area contributed by atoms with Gasteiger partial charge in [0.1, 0.15) is 5.92 Å². The number of nitrogens with zero attached hydrogens (tertiary/aromatic N) is 1. The van der Waals surface area contributed by atoms with Gasteiger partial charge in [0.05, 0.1) is 12.4 Å². The Balaban J connectivity index is 2.12. The van der Waals surface area contributed by atoms with Crippen LogP contribution in [0, 0.1) is 5.92 Å². The summed E-state index contributed by atoms with van der Waals surface area (Å²) >= 11 is 0. The van der Waals surface area contributed by atoms with Gasteiger partial charge in [-0.25, -0.2) is 12.7 Å². The van der Waals surface area contributed by atoms with Gasteiger partial charge in [0, 0.05) is 6.54 Å². The minimum Gasteiger partial charge on any atom is -0.465 e. The molecule has 6 nitrogen and oxygen atoms in total. The maximum atomic E-state index is 12.3. The molecule has 0 aliphatic carbocycles. The third kappa shape index (κ3) is 3.41. The van der Waals surface area contributed by atoms with Gasteiger partial charge in [0.25, 0.3) is 0 Å². The third-order valence-corrected chi connectivity index (χ3v) is 5.00. The molecule has 1 fully saturated rings. The second-order valence-electron chi connectivity index (χ2n) is 4.75. The number of hydrogen-bond acceptors (Lipinski definition) is 5. The zero-order valence-corrected chi connectivity index (χ0v) is 12.5. The number of rotatable bonds is 5. The Hall–Kier alpha value is -1.89. The van der Waals surface area contributed by atoms with Gasteiger partial charge in [-0.05, 0) is 18.9 Å². The quantitative estimate of drug-likeness (QED) is 0.597. The van der Waals surface area contributed by atoms with E-state index in [1.54, 1.807) is 37.3 Å². The molecule has 2 rings (SSSR count). The van der Waals surface area contributed by atoms with Crippen LogP contribution in [0.1, 0.15) is 18.9 Å². The second-order valence-corrected chi connectivity index (χ2v) is 6.64. The highest BCUT2D eigenvalue weighted by Crippen LogP contribution is 2.24. The molecule has 1 amide bonds. The van der Waals surface area contributed by atoms with Crippen LogP contribution < -0.4 is 0 Å². The van der Waals surface area contributed by atoms with Crippen molar-refractivity contribution in [2.45, 2.75) is 19.1 Å². The lowest BCUT2D eigenvalue weighted by Crippen LogP contribution is -2.36. The number of sulfonamides is 1. The van der Waals surface area contributed by atoms with E-state index in [4.69, 9.17) is 4.74 Å². The van der Waals surface area contributed by atoms with E-state index in [1.165, 1.54) is 0 Å². The predicted octanol–water partition coefficient (Wildman–Crippen LogP) is 0.928. The molecule has 1 aromatic rings. The molecule has 0 spiro atoms. The Morgan fingerprint density at radius 1 is 1.33 bits per heavy atom. The number of carbonyl (C=O) groups excluding carboxylic acids is 2. The summed E-state index contributed by atoms with van der Waals surface area (Å²) in [5.41, 5.74) is 0.602. The normalized spacial score (nSPS) is 18.8. The van der Waals surface area contributed by atoms with E-state index in [1.807, 2.05) is 0 Å². The second kappa shape index (κ2) is 6.26. The summed E-state index contributed by atoms with van der Waals surface area (Å²) in [6.45, 7) is 1.83. The van der Waals surface area contributed by atoms with Gasteiger partial charge < -0.3 is 4.74 Å². The molecular weight excluding hydrogens is 294 g/mol. The Bertz CT molecular complexity index is 626. The summed E-state index contributed by atoms with van der Waals surface area (Å²) < 4.78 is 30.2. The van der Waals surface area contributed by atoms with Crippen LogP contribution >= 0.6 is 0 Å².